The zero-order valence-corrected chi connectivity index (χ0v) is 10.4. The monoisotopic (exact) mass is 257 g/mol. The van der Waals surface area contributed by atoms with Crippen LogP contribution in [0.5, 0.6) is 5.88 Å². The Morgan fingerprint density at radius 2 is 2.22 bits per heavy atom. The minimum atomic E-state index is -0.987. The molecule has 1 N–H and O–H groups in total. The zero-order chi connectivity index (χ0) is 13.9. The molecule has 0 amide bonds. The van der Waals surface area contributed by atoms with Crippen LogP contribution in [0, 0.1) is 16.0 Å². The number of carboxylic acids is 1. The maximum Gasteiger partial charge on any atom is 0.350 e. The fourth-order valence-electron chi connectivity index (χ4n) is 1.28. The summed E-state index contributed by atoms with van der Waals surface area (Å²) in [4.78, 5) is 20.9. The van der Waals surface area contributed by atoms with Crippen LogP contribution in [0.25, 0.3) is 0 Å². The number of carboxylic acid groups (broad SMARTS) is 1. The summed E-state index contributed by atoms with van der Waals surface area (Å²) >= 11 is 0. The van der Waals surface area contributed by atoms with Crippen molar-refractivity contribution in [3.8, 4) is 5.88 Å². The van der Waals surface area contributed by atoms with Crippen molar-refractivity contribution in [3.05, 3.63) is 16.3 Å². The van der Waals surface area contributed by atoms with Gasteiger partial charge in [0.25, 0.3) is 0 Å². The molecular formula is C10H15N3O5. The highest BCUT2D eigenvalue weighted by atomic mass is 16.6. The largest absolute Gasteiger partial charge is 0.481 e. The van der Waals surface area contributed by atoms with Gasteiger partial charge in [0.1, 0.15) is 6.20 Å². The van der Waals surface area contributed by atoms with Gasteiger partial charge >= 0.3 is 17.5 Å². The van der Waals surface area contributed by atoms with Gasteiger partial charge < -0.3 is 9.84 Å². The number of ether oxygens (including phenoxy) is 1. The van der Waals surface area contributed by atoms with Gasteiger partial charge in [-0.3, -0.25) is 19.6 Å². The first-order valence-electron chi connectivity index (χ1n) is 5.42. The van der Waals surface area contributed by atoms with E-state index in [0.717, 1.165) is 0 Å². The van der Waals surface area contributed by atoms with E-state index in [4.69, 9.17) is 9.84 Å². The first-order valence-corrected chi connectivity index (χ1v) is 5.42. The van der Waals surface area contributed by atoms with Crippen LogP contribution in [0.4, 0.5) is 5.69 Å². The first-order chi connectivity index (χ1) is 8.31. The van der Waals surface area contributed by atoms with Gasteiger partial charge in [0.05, 0.1) is 23.5 Å². The van der Waals surface area contributed by atoms with Crippen LogP contribution in [0.1, 0.15) is 20.8 Å². The molecule has 0 saturated heterocycles. The highest BCUT2D eigenvalue weighted by molar-refractivity contribution is 5.69. The third-order valence-corrected chi connectivity index (χ3v) is 2.14. The summed E-state index contributed by atoms with van der Waals surface area (Å²) < 4.78 is 6.43. The van der Waals surface area contributed by atoms with Crippen LogP contribution >= 0.6 is 0 Å². The first kappa shape index (κ1) is 13.9. The molecule has 8 heteroatoms. The van der Waals surface area contributed by atoms with E-state index in [2.05, 4.69) is 5.10 Å². The van der Waals surface area contributed by atoms with Crippen molar-refractivity contribution in [2.75, 3.05) is 0 Å². The van der Waals surface area contributed by atoms with Crippen LogP contribution in [0.3, 0.4) is 0 Å². The second kappa shape index (κ2) is 5.48. The third kappa shape index (κ3) is 3.44. The molecule has 0 aliphatic heterocycles. The Bertz CT molecular complexity index is 454. The quantitative estimate of drug-likeness (QED) is 0.607. The molecular weight excluding hydrogens is 242 g/mol. The average Bonchev–Trinajstić information content (AvgIpc) is 2.59. The zero-order valence-electron chi connectivity index (χ0n) is 10.4. The SMILES string of the molecule is CC(C)Oc1nn(C[C@@H](C)C(=O)O)cc1[N+](=O)[O-]. The molecule has 0 fully saturated rings. The highest BCUT2D eigenvalue weighted by Gasteiger charge is 2.23. The molecule has 1 aromatic heterocycles. The molecule has 0 aromatic carbocycles. The summed E-state index contributed by atoms with van der Waals surface area (Å²) in [6.07, 6.45) is 0.931. The van der Waals surface area contributed by atoms with Crippen LogP contribution in [0.15, 0.2) is 6.20 Å². The topological polar surface area (TPSA) is 107 Å². The normalized spacial score (nSPS) is 12.4. The van der Waals surface area contributed by atoms with Gasteiger partial charge in [-0.15, -0.1) is 5.10 Å². The van der Waals surface area contributed by atoms with Crippen molar-refractivity contribution in [2.45, 2.75) is 33.4 Å². The van der Waals surface area contributed by atoms with Crippen molar-refractivity contribution < 1.29 is 19.6 Å². The highest BCUT2D eigenvalue weighted by Crippen LogP contribution is 2.25. The second-order valence-electron chi connectivity index (χ2n) is 4.20. The maximum atomic E-state index is 10.8. The van der Waals surface area contributed by atoms with Gasteiger partial charge in [0.15, 0.2) is 0 Å². The van der Waals surface area contributed by atoms with Crippen LogP contribution < -0.4 is 4.74 Å². The molecule has 0 bridgehead atoms. The van der Waals surface area contributed by atoms with Gasteiger partial charge in [0.2, 0.25) is 0 Å². The predicted octanol–water partition coefficient (Wildman–Crippen LogP) is 1.30. The van der Waals surface area contributed by atoms with Crippen molar-refractivity contribution >= 4 is 11.7 Å². The molecule has 1 atom stereocenters. The van der Waals surface area contributed by atoms with Crippen molar-refractivity contribution in [1.29, 1.82) is 0 Å². The van der Waals surface area contributed by atoms with E-state index in [0.29, 0.717) is 0 Å². The number of carbonyl (C=O) groups is 1. The maximum absolute atomic E-state index is 10.8. The summed E-state index contributed by atoms with van der Waals surface area (Å²) in [5.41, 5.74) is -0.263. The number of aliphatic carboxylic acids is 1. The number of nitro groups is 1. The van der Waals surface area contributed by atoms with Gasteiger partial charge in [-0.1, -0.05) is 6.92 Å². The molecule has 100 valence electrons. The lowest BCUT2D eigenvalue weighted by Crippen LogP contribution is -2.17. The Morgan fingerprint density at radius 1 is 1.61 bits per heavy atom. The minimum absolute atomic E-state index is 0.0532. The van der Waals surface area contributed by atoms with Crippen molar-refractivity contribution in [3.63, 3.8) is 0 Å². The summed E-state index contributed by atoms with van der Waals surface area (Å²) in [6.45, 7) is 5.00. The van der Waals surface area contributed by atoms with Crippen molar-refractivity contribution in [2.24, 2.45) is 5.92 Å². The van der Waals surface area contributed by atoms with E-state index in [1.807, 2.05) is 0 Å². The molecule has 0 saturated carbocycles. The van der Waals surface area contributed by atoms with Crippen LogP contribution in [-0.2, 0) is 11.3 Å². The standard InChI is InChI=1S/C10H15N3O5/c1-6(2)18-9-8(13(16)17)5-12(11-9)4-7(3)10(14)15/h5-7H,4H2,1-3H3,(H,14,15)/t7-/m1/s1. The minimum Gasteiger partial charge on any atom is -0.481 e. The molecule has 1 aromatic rings. The number of hydrogen-bond donors (Lipinski definition) is 1. The molecule has 0 spiro atoms. The molecule has 1 heterocycles. The fraction of sp³-hybridized carbons (Fsp3) is 0.600. The van der Waals surface area contributed by atoms with E-state index >= 15 is 0 Å². The lowest BCUT2D eigenvalue weighted by atomic mass is 10.2. The number of hydrogen-bond acceptors (Lipinski definition) is 5. The van der Waals surface area contributed by atoms with Gasteiger partial charge in [-0.05, 0) is 13.8 Å². The molecule has 0 unspecified atom stereocenters. The Morgan fingerprint density at radius 3 is 2.67 bits per heavy atom. The second-order valence-corrected chi connectivity index (χ2v) is 4.20. The lowest BCUT2D eigenvalue weighted by Gasteiger charge is -2.06. The van der Waals surface area contributed by atoms with E-state index in [1.165, 1.54) is 17.8 Å². The van der Waals surface area contributed by atoms with Gasteiger partial charge in [-0.2, -0.15) is 0 Å². The summed E-state index contributed by atoms with van der Waals surface area (Å²) in [6, 6.07) is 0. The smallest absolute Gasteiger partial charge is 0.350 e. The third-order valence-electron chi connectivity index (χ3n) is 2.14. The number of nitrogens with zero attached hydrogens (tertiary/aromatic N) is 3. The van der Waals surface area contributed by atoms with E-state index < -0.39 is 16.8 Å². The Hall–Kier alpha value is -2.12. The molecule has 18 heavy (non-hydrogen) atoms. The molecule has 1 rings (SSSR count). The van der Waals surface area contributed by atoms with E-state index in [9.17, 15) is 14.9 Å². The van der Waals surface area contributed by atoms with Gasteiger partial charge in [0, 0.05) is 0 Å². The lowest BCUT2D eigenvalue weighted by molar-refractivity contribution is -0.386. The van der Waals surface area contributed by atoms with Crippen molar-refractivity contribution in [1.82, 2.24) is 9.78 Å². The Balaban J connectivity index is 2.95. The average molecular weight is 257 g/mol. The van der Waals surface area contributed by atoms with Crippen LogP contribution in [-0.4, -0.2) is 31.9 Å². The van der Waals surface area contributed by atoms with Gasteiger partial charge in [-0.25, -0.2) is 0 Å². The summed E-state index contributed by atoms with van der Waals surface area (Å²) in [7, 11) is 0. The molecule has 0 radical (unpaired) electrons. The number of rotatable bonds is 6. The Kier molecular flexibility index (Phi) is 4.24. The molecule has 8 nitrogen and oxygen atoms in total. The summed E-state index contributed by atoms with van der Waals surface area (Å²) in [5, 5.41) is 23.4. The van der Waals surface area contributed by atoms with E-state index in [-0.39, 0.29) is 24.2 Å². The fourth-order valence-corrected chi connectivity index (χ4v) is 1.28. The summed E-state index contributed by atoms with van der Waals surface area (Å²) in [5.74, 6) is -1.76. The Labute approximate surface area is 103 Å². The molecule has 0 aliphatic rings. The van der Waals surface area contributed by atoms with Crippen LogP contribution in [0.2, 0.25) is 0 Å². The number of aromatic nitrogens is 2. The van der Waals surface area contributed by atoms with E-state index in [1.54, 1.807) is 13.8 Å². The predicted molar refractivity (Wildman–Crippen MR) is 61.4 cm³/mol. The molecule has 0 aliphatic carbocycles.